The number of carbonyl (C=O) groups is 1. The molecule has 7 nitrogen and oxygen atoms in total. The van der Waals surface area contributed by atoms with E-state index in [-0.39, 0.29) is 5.91 Å². The first-order chi connectivity index (χ1) is 16.0. The Balaban J connectivity index is 1.43. The Labute approximate surface area is 199 Å². The Morgan fingerprint density at radius 3 is 2.52 bits per heavy atom. The molecule has 33 heavy (non-hydrogen) atoms. The highest BCUT2D eigenvalue weighted by Crippen LogP contribution is 2.26. The van der Waals surface area contributed by atoms with E-state index in [1.807, 2.05) is 85.4 Å². The monoisotopic (exact) mass is 500 g/mol. The smallest absolute Gasteiger partial charge is 0.256 e. The predicted octanol–water partition coefficient (Wildman–Crippen LogP) is 5.30. The molecule has 0 atom stereocenters. The second-order valence-corrected chi connectivity index (χ2v) is 8.77. The summed E-state index contributed by atoms with van der Waals surface area (Å²) in [6.45, 7) is 4.44. The number of carbonyl (C=O) groups excluding carboxylic acids is 1. The molecule has 3 heterocycles. The summed E-state index contributed by atoms with van der Waals surface area (Å²) in [6.07, 6.45) is 3.68. The average molecular weight is 501 g/mol. The first kappa shape index (κ1) is 21.1. The zero-order valence-electron chi connectivity index (χ0n) is 18.2. The number of para-hydroxylation sites is 1. The van der Waals surface area contributed by atoms with Crippen molar-refractivity contribution < 1.29 is 4.79 Å². The largest absolute Gasteiger partial charge is 0.322 e. The maximum Gasteiger partial charge on any atom is 0.256 e. The van der Waals surface area contributed by atoms with E-state index in [4.69, 9.17) is 0 Å². The van der Waals surface area contributed by atoms with Crippen molar-refractivity contribution in [2.75, 3.05) is 5.32 Å². The number of hydrogen-bond acceptors (Lipinski definition) is 4. The number of pyridine rings is 1. The van der Waals surface area contributed by atoms with E-state index in [0.717, 1.165) is 38.2 Å². The summed E-state index contributed by atoms with van der Waals surface area (Å²) in [6, 6.07) is 19.4. The number of aryl methyl sites for hydroxylation is 2. The molecule has 2 aromatic carbocycles. The number of rotatable bonds is 5. The van der Waals surface area contributed by atoms with Crippen molar-refractivity contribution in [3.63, 3.8) is 0 Å². The summed E-state index contributed by atoms with van der Waals surface area (Å²) in [5, 5.41) is 12.7. The molecular formula is C25H21BrN6O. The average Bonchev–Trinajstić information content (AvgIpc) is 3.37. The van der Waals surface area contributed by atoms with Gasteiger partial charge in [0.05, 0.1) is 39.5 Å². The van der Waals surface area contributed by atoms with Crippen LogP contribution in [0, 0.1) is 13.8 Å². The molecule has 0 aliphatic rings. The topological polar surface area (TPSA) is 77.6 Å². The number of aromatic nitrogens is 5. The fourth-order valence-corrected chi connectivity index (χ4v) is 4.17. The van der Waals surface area contributed by atoms with Gasteiger partial charge in [0.1, 0.15) is 0 Å². The zero-order valence-corrected chi connectivity index (χ0v) is 19.7. The third-order valence-electron chi connectivity index (χ3n) is 5.34. The lowest BCUT2D eigenvalue weighted by atomic mass is 10.1. The van der Waals surface area contributed by atoms with Crippen LogP contribution in [0.15, 0.2) is 77.5 Å². The summed E-state index contributed by atoms with van der Waals surface area (Å²) in [5.41, 5.74) is 5.46. The van der Waals surface area contributed by atoms with Crippen LogP contribution in [0.1, 0.15) is 27.3 Å². The molecule has 1 amide bonds. The number of nitrogens with one attached hydrogen (secondary N) is 1. The summed E-state index contributed by atoms with van der Waals surface area (Å²) in [4.78, 5) is 17.9. The molecule has 0 bridgehead atoms. The minimum Gasteiger partial charge on any atom is -0.322 e. The summed E-state index contributed by atoms with van der Waals surface area (Å²) >= 11 is 3.41. The SMILES string of the molecule is Cc1cc(C(=O)Nc2ccc(Cn3cc(Br)cn3)cc2)c2c(C)nn(-c3ccccc3)c2n1. The molecule has 8 heteroatoms. The molecule has 5 rings (SSSR count). The Bertz CT molecular complexity index is 1450. The van der Waals surface area contributed by atoms with Crippen molar-refractivity contribution in [2.24, 2.45) is 0 Å². The Morgan fingerprint density at radius 1 is 1.06 bits per heavy atom. The van der Waals surface area contributed by atoms with Crippen LogP contribution in [0.2, 0.25) is 0 Å². The number of halogens is 1. The van der Waals surface area contributed by atoms with Crippen molar-refractivity contribution >= 4 is 38.6 Å². The molecular weight excluding hydrogens is 480 g/mol. The van der Waals surface area contributed by atoms with Crippen LogP contribution in [0.4, 0.5) is 5.69 Å². The van der Waals surface area contributed by atoms with E-state index in [1.54, 1.807) is 10.9 Å². The molecule has 0 aliphatic heterocycles. The van der Waals surface area contributed by atoms with Gasteiger partial charge >= 0.3 is 0 Å². The summed E-state index contributed by atoms with van der Waals surface area (Å²) < 4.78 is 4.58. The molecule has 0 aliphatic carbocycles. The summed E-state index contributed by atoms with van der Waals surface area (Å²) in [7, 11) is 0. The lowest BCUT2D eigenvalue weighted by Crippen LogP contribution is -2.13. The van der Waals surface area contributed by atoms with Gasteiger partial charge < -0.3 is 5.32 Å². The molecule has 5 aromatic rings. The number of benzene rings is 2. The lowest BCUT2D eigenvalue weighted by Gasteiger charge is -2.09. The van der Waals surface area contributed by atoms with Crippen molar-refractivity contribution in [1.29, 1.82) is 0 Å². The van der Waals surface area contributed by atoms with Crippen molar-refractivity contribution in [3.05, 3.63) is 100 Å². The molecule has 0 fully saturated rings. The normalized spacial score (nSPS) is 11.1. The molecule has 0 radical (unpaired) electrons. The van der Waals surface area contributed by atoms with Gasteiger partial charge in [-0.1, -0.05) is 30.3 Å². The lowest BCUT2D eigenvalue weighted by molar-refractivity contribution is 0.102. The van der Waals surface area contributed by atoms with Crippen LogP contribution in [0.5, 0.6) is 0 Å². The number of nitrogens with zero attached hydrogens (tertiary/aromatic N) is 5. The van der Waals surface area contributed by atoms with Crippen molar-refractivity contribution in [3.8, 4) is 5.69 Å². The van der Waals surface area contributed by atoms with Gasteiger partial charge in [-0.05, 0) is 65.7 Å². The van der Waals surface area contributed by atoms with Gasteiger partial charge in [0.2, 0.25) is 0 Å². The maximum atomic E-state index is 13.3. The van der Waals surface area contributed by atoms with Gasteiger partial charge in [0.15, 0.2) is 5.65 Å². The minimum atomic E-state index is -0.190. The Hall–Kier alpha value is -3.78. The van der Waals surface area contributed by atoms with Crippen LogP contribution in [-0.4, -0.2) is 30.5 Å². The van der Waals surface area contributed by atoms with E-state index >= 15 is 0 Å². The second-order valence-electron chi connectivity index (χ2n) is 7.85. The molecule has 0 saturated carbocycles. The number of fused-ring (bicyclic) bond motifs is 1. The fourth-order valence-electron chi connectivity index (χ4n) is 3.85. The second kappa shape index (κ2) is 8.63. The van der Waals surface area contributed by atoms with Gasteiger partial charge in [-0.3, -0.25) is 9.48 Å². The third kappa shape index (κ3) is 4.29. The van der Waals surface area contributed by atoms with Gasteiger partial charge in [-0.25, -0.2) is 9.67 Å². The van der Waals surface area contributed by atoms with E-state index in [9.17, 15) is 4.79 Å². The molecule has 164 valence electrons. The third-order valence-corrected chi connectivity index (χ3v) is 5.75. The standard InChI is InChI=1S/C25H21BrN6O/c1-16-12-22(23-17(2)30-32(24(23)28-16)21-6-4-3-5-7-21)25(33)29-20-10-8-18(9-11-20)14-31-15-19(26)13-27-31/h3-13,15H,14H2,1-2H3,(H,29,33). The van der Waals surface area contributed by atoms with Crippen LogP contribution in [0.3, 0.4) is 0 Å². The van der Waals surface area contributed by atoms with E-state index < -0.39 is 0 Å². The van der Waals surface area contributed by atoms with Crippen LogP contribution >= 0.6 is 15.9 Å². The first-order valence-corrected chi connectivity index (χ1v) is 11.3. The number of anilines is 1. The molecule has 1 N–H and O–H groups in total. The molecule has 0 spiro atoms. The van der Waals surface area contributed by atoms with Crippen molar-refractivity contribution in [2.45, 2.75) is 20.4 Å². The van der Waals surface area contributed by atoms with Gasteiger partial charge in [-0.15, -0.1) is 0 Å². The minimum absolute atomic E-state index is 0.190. The Morgan fingerprint density at radius 2 is 1.82 bits per heavy atom. The number of amides is 1. The van der Waals surface area contributed by atoms with E-state index in [1.165, 1.54) is 0 Å². The molecule has 0 saturated heterocycles. The van der Waals surface area contributed by atoms with E-state index in [0.29, 0.717) is 17.8 Å². The van der Waals surface area contributed by atoms with Crippen LogP contribution in [-0.2, 0) is 6.54 Å². The number of hydrogen-bond donors (Lipinski definition) is 1. The van der Waals surface area contributed by atoms with Gasteiger partial charge in [-0.2, -0.15) is 10.2 Å². The van der Waals surface area contributed by atoms with E-state index in [2.05, 4.69) is 36.4 Å². The molecule has 3 aromatic heterocycles. The molecule has 0 unspecified atom stereocenters. The van der Waals surface area contributed by atoms with Gasteiger partial charge in [0, 0.05) is 17.6 Å². The highest BCUT2D eigenvalue weighted by molar-refractivity contribution is 9.10. The fraction of sp³-hybridized carbons (Fsp3) is 0.120. The highest BCUT2D eigenvalue weighted by atomic mass is 79.9. The predicted molar refractivity (Wildman–Crippen MR) is 132 cm³/mol. The first-order valence-electron chi connectivity index (χ1n) is 10.5. The van der Waals surface area contributed by atoms with Crippen LogP contribution in [0.25, 0.3) is 16.7 Å². The van der Waals surface area contributed by atoms with Crippen LogP contribution < -0.4 is 5.32 Å². The maximum absolute atomic E-state index is 13.3. The summed E-state index contributed by atoms with van der Waals surface area (Å²) in [5.74, 6) is -0.190. The van der Waals surface area contributed by atoms with Crippen molar-refractivity contribution in [1.82, 2.24) is 24.5 Å². The quantitative estimate of drug-likeness (QED) is 0.355. The zero-order chi connectivity index (χ0) is 22.9. The van der Waals surface area contributed by atoms with Gasteiger partial charge in [0.25, 0.3) is 5.91 Å². The highest BCUT2D eigenvalue weighted by Gasteiger charge is 2.19. The Kier molecular flexibility index (Phi) is 5.51.